The average molecular weight is 303 g/mol. The number of hydrogen-bond acceptors (Lipinski definition) is 4. The van der Waals surface area contributed by atoms with E-state index < -0.39 is 0 Å². The lowest BCUT2D eigenvalue weighted by Gasteiger charge is -2.21. The molecule has 1 atom stereocenters. The van der Waals surface area contributed by atoms with E-state index in [0.717, 1.165) is 22.1 Å². The maximum atomic E-state index is 12.8. The van der Waals surface area contributed by atoms with Gasteiger partial charge in [0.25, 0.3) is 5.91 Å². The number of aliphatic hydroxyl groups is 1. The standard InChI is InChI=1S/C17H21NO4/c1-11-3-4-14-12(2)16(22-15(14)7-11)17(20)18-5-6-21-10-13(8-18)9-19/h3-4,7,13,19H,5-6,8-10H2,1-2H3. The molecule has 1 N–H and O–H groups in total. The second-order valence-electron chi connectivity index (χ2n) is 5.93. The Kier molecular flexibility index (Phi) is 4.18. The number of aliphatic hydroxyl groups excluding tert-OH is 1. The number of fused-ring (bicyclic) bond motifs is 1. The first kappa shape index (κ1) is 15.1. The summed E-state index contributed by atoms with van der Waals surface area (Å²) in [6.07, 6.45) is 0. The molecule has 118 valence electrons. The topological polar surface area (TPSA) is 62.9 Å². The van der Waals surface area contributed by atoms with Gasteiger partial charge in [0.2, 0.25) is 0 Å². The van der Waals surface area contributed by atoms with E-state index >= 15 is 0 Å². The second-order valence-corrected chi connectivity index (χ2v) is 5.93. The van der Waals surface area contributed by atoms with Crippen molar-refractivity contribution < 1.29 is 19.1 Å². The quantitative estimate of drug-likeness (QED) is 0.923. The average Bonchev–Trinajstić information content (AvgIpc) is 2.71. The molecule has 0 bridgehead atoms. The molecule has 1 aromatic carbocycles. The number of ether oxygens (including phenoxy) is 1. The van der Waals surface area contributed by atoms with Crippen LogP contribution in [0.15, 0.2) is 22.6 Å². The molecule has 1 fully saturated rings. The van der Waals surface area contributed by atoms with Gasteiger partial charge in [-0.1, -0.05) is 12.1 Å². The van der Waals surface area contributed by atoms with Crippen LogP contribution in [0.3, 0.4) is 0 Å². The predicted molar refractivity (Wildman–Crippen MR) is 83.0 cm³/mol. The molecule has 1 amide bonds. The van der Waals surface area contributed by atoms with Crippen molar-refractivity contribution in [3.63, 3.8) is 0 Å². The van der Waals surface area contributed by atoms with Gasteiger partial charge in [-0.25, -0.2) is 0 Å². The summed E-state index contributed by atoms with van der Waals surface area (Å²) in [5, 5.41) is 10.3. The van der Waals surface area contributed by atoms with Crippen molar-refractivity contribution in [2.75, 3.05) is 32.9 Å². The van der Waals surface area contributed by atoms with Gasteiger partial charge in [0.1, 0.15) is 5.58 Å². The lowest BCUT2D eigenvalue weighted by atomic mass is 10.1. The zero-order valence-corrected chi connectivity index (χ0v) is 13.0. The molecule has 1 unspecified atom stereocenters. The molecule has 5 nitrogen and oxygen atoms in total. The Bertz CT molecular complexity index is 691. The molecule has 3 rings (SSSR count). The number of benzene rings is 1. The Morgan fingerprint density at radius 2 is 2.23 bits per heavy atom. The molecule has 2 heterocycles. The second kappa shape index (κ2) is 6.10. The van der Waals surface area contributed by atoms with E-state index in [1.54, 1.807) is 4.90 Å². The Morgan fingerprint density at radius 1 is 1.41 bits per heavy atom. The predicted octanol–water partition coefficient (Wildman–Crippen LogP) is 2.13. The highest BCUT2D eigenvalue weighted by Gasteiger charge is 2.27. The zero-order valence-electron chi connectivity index (χ0n) is 13.0. The van der Waals surface area contributed by atoms with Gasteiger partial charge < -0.3 is 19.2 Å². The molecule has 1 aromatic heterocycles. The fourth-order valence-electron chi connectivity index (χ4n) is 2.86. The third-order valence-corrected chi connectivity index (χ3v) is 4.17. The maximum Gasteiger partial charge on any atom is 0.289 e. The zero-order chi connectivity index (χ0) is 15.7. The molecule has 1 aliphatic heterocycles. The van der Waals surface area contributed by atoms with Gasteiger partial charge in [-0.3, -0.25) is 4.79 Å². The molecule has 2 aromatic rings. The summed E-state index contributed by atoms with van der Waals surface area (Å²) in [5.74, 6) is 0.216. The molecular weight excluding hydrogens is 282 g/mol. The Balaban J connectivity index is 1.92. The summed E-state index contributed by atoms with van der Waals surface area (Å²) in [6.45, 7) is 5.90. The van der Waals surface area contributed by atoms with E-state index in [9.17, 15) is 9.90 Å². The molecule has 0 aliphatic carbocycles. The summed E-state index contributed by atoms with van der Waals surface area (Å²) in [4.78, 5) is 14.5. The number of carbonyl (C=O) groups is 1. The van der Waals surface area contributed by atoms with Crippen molar-refractivity contribution in [3.8, 4) is 0 Å². The van der Waals surface area contributed by atoms with E-state index in [1.807, 2.05) is 32.0 Å². The lowest BCUT2D eigenvalue weighted by Crippen LogP contribution is -2.36. The fraction of sp³-hybridized carbons (Fsp3) is 0.471. The third kappa shape index (κ3) is 2.74. The Hall–Kier alpha value is -1.85. The number of hydrogen-bond donors (Lipinski definition) is 1. The summed E-state index contributed by atoms with van der Waals surface area (Å²) >= 11 is 0. The van der Waals surface area contributed by atoms with Crippen LogP contribution in [0, 0.1) is 19.8 Å². The minimum atomic E-state index is -0.129. The first-order chi connectivity index (χ1) is 10.6. The van der Waals surface area contributed by atoms with Gasteiger partial charge in [-0.2, -0.15) is 0 Å². The highest BCUT2D eigenvalue weighted by atomic mass is 16.5. The first-order valence-electron chi connectivity index (χ1n) is 7.57. The molecule has 1 saturated heterocycles. The maximum absolute atomic E-state index is 12.8. The van der Waals surface area contributed by atoms with Crippen LogP contribution in [0.4, 0.5) is 0 Å². The van der Waals surface area contributed by atoms with E-state index in [-0.39, 0.29) is 18.4 Å². The molecular formula is C17H21NO4. The molecule has 0 saturated carbocycles. The van der Waals surface area contributed by atoms with E-state index in [4.69, 9.17) is 9.15 Å². The number of amides is 1. The number of nitrogens with zero attached hydrogens (tertiary/aromatic N) is 1. The highest BCUT2D eigenvalue weighted by Crippen LogP contribution is 2.27. The van der Waals surface area contributed by atoms with Crippen LogP contribution < -0.4 is 0 Å². The summed E-state index contributed by atoms with van der Waals surface area (Å²) in [6, 6.07) is 5.95. The normalized spacial score (nSPS) is 19.4. The first-order valence-corrected chi connectivity index (χ1v) is 7.57. The summed E-state index contributed by atoms with van der Waals surface area (Å²) < 4.78 is 11.2. The summed E-state index contributed by atoms with van der Waals surface area (Å²) in [5.41, 5.74) is 2.71. The van der Waals surface area contributed by atoms with Crippen molar-refractivity contribution in [3.05, 3.63) is 35.1 Å². The SMILES string of the molecule is Cc1ccc2c(C)c(C(=O)N3CCOCC(CO)C3)oc2c1. The van der Waals surface area contributed by atoms with Crippen LogP contribution in [-0.4, -0.2) is 48.8 Å². The minimum Gasteiger partial charge on any atom is -0.451 e. The fourth-order valence-corrected chi connectivity index (χ4v) is 2.86. The van der Waals surface area contributed by atoms with Crippen LogP contribution in [0.1, 0.15) is 21.7 Å². The number of furan rings is 1. The smallest absolute Gasteiger partial charge is 0.289 e. The minimum absolute atomic E-state index is 0.0160. The van der Waals surface area contributed by atoms with Gasteiger partial charge in [0, 0.05) is 36.6 Å². The molecule has 22 heavy (non-hydrogen) atoms. The highest BCUT2D eigenvalue weighted by molar-refractivity contribution is 5.99. The number of aryl methyl sites for hydroxylation is 2. The van der Waals surface area contributed by atoms with Crippen molar-refractivity contribution in [1.82, 2.24) is 4.90 Å². The van der Waals surface area contributed by atoms with Gasteiger partial charge in [-0.15, -0.1) is 0 Å². The van der Waals surface area contributed by atoms with Crippen LogP contribution in [0.2, 0.25) is 0 Å². The van der Waals surface area contributed by atoms with Crippen molar-refractivity contribution >= 4 is 16.9 Å². The molecule has 5 heteroatoms. The number of carbonyl (C=O) groups excluding carboxylic acids is 1. The van der Waals surface area contributed by atoms with Crippen LogP contribution in [-0.2, 0) is 4.74 Å². The van der Waals surface area contributed by atoms with Gasteiger partial charge in [-0.05, 0) is 25.5 Å². The number of rotatable bonds is 2. The van der Waals surface area contributed by atoms with Gasteiger partial charge in [0.05, 0.1) is 13.2 Å². The third-order valence-electron chi connectivity index (χ3n) is 4.17. The largest absolute Gasteiger partial charge is 0.451 e. The van der Waals surface area contributed by atoms with Crippen LogP contribution >= 0.6 is 0 Å². The Labute approximate surface area is 129 Å². The lowest BCUT2D eigenvalue weighted by molar-refractivity contribution is 0.0698. The van der Waals surface area contributed by atoms with Crippen molar-refractivity contribution in [2.24, 2.45) is 5.92 Å². The van der Waals surface area contributed by atoms with Crippen molar-refractivity contribution in [1.29, 1.82) is 0 Å². The van der Waals surface area contributed by atoms with E-state index in [0.29, 0.717) is 32.1 Å². The molecule has 0 spiro atoms. The molecule has 0 radical (unpaired) electrons. The van der Waals surface area contributed by atoms with Gasteiger partial charge in [0.15, 0.2) is 5.76 Å². The van der Waals surface area contributed by atoms with E-state index in [2.05, 4.69) is 0 Å². The summed E-state index contributed by atoms with van der Waals surface area (Å²) in [7, 11) is 0. The molecule has 1 aliphatic rings. The Morgan fingerprint density at radius 3 is 3.00 bits per heavy atom. The monoisotopic (exact) mass is 303 g/mol. The van der Waals surface area contributed by atoms with Gasteiger partial charge >= 0.3 is 0 Å². The van der Waals surface area contributed by atoms with Crippen molar-refractivity contribution in [2.45, 2.75) is 13.8 Å². The van der Waals surface area contributed by atoms with E-state index in [1.165, 1.54) is 0 Å². The van der Waals surface area contributed by atoms with Crippen LogP contribution in [0.5, 0.6) is 0 Å². The van der Waals surface area contributed by atoms with Crippen LogP contribution in [0.25, 0.3) is 11.0 Å².